The fourth-order valence-electron chi connectivity index (χ4n) is 3.15. The molecule has 0 aliphatic heterocycles. The molecule has 0 saturated heterocycles. The van der Waals surface area contributed by atoms with Crippen LogP contribution < -0.4 is 15.4 Å². The number of para-hydroxylation sites is 1. The number of amides is 2. The van der Waals surface area contributed by atoms with Crippen LogP contribution in [0.1, 0.15) is 42.6 Å². The first-order valence-corrected chi connectivity index (χ1v) is 11.0. The Labute approximate surface area is 189 Å². The Morgan fingerprint density at radius 3 is 2.12 bits per heavy atom. The molecular formula is C27H30N2O3. The molecule has 0 aromatic heterocycles. The van der Waals surface area contributed by atoms with Gasteiger partial charge in [0.25, 0.3) is 5.91 Å². The molecule has 5 heteroatoms. The van der Waals surface area contributed by atoms with Crippen molar-refractivity contribution in [3.05, 3.63) is 90.0 Å². The number of ether oxygens (including phenoxy) is 1. The van der Waals surface area contributed by atoms with Gasteiger partial charge in [-0.15, -0.1) is 0 Å². The Kier molecular flexibility index (Phi) is 8.44. The number of benzene rings is 3. The topological polar surface area (TPSA) is 67.4 Å². The first kappa shape index (κ1) is 23.1. The summed E-state index contributed by atoms with van der Waals surface area (Å²) in [7, 11) is 0. The predicted molar refractivity (Wildman–Crippen MR) is 129 cm³/mol. The van der Waals surface area contributed by atoms with E-state index in [0.29, 0.717) is 48.1 Å². The molecule has 0 atom stereocenters. The van der Waals surface area contributed by atoms with Crippen molar-refractivity contribution >= 4 is 23.2 Å². The second kappa shape index (κ2) is 11.7. The van der Waals surface area contributed by atoms with Gasteiger partial charge in [0.05, 0.1) is 12.2 Å². The molecule has 0 radical (unpaired) electrons. The normalized spacial score (nSPS) is 10.6. The molecule has 32 heavy (non-hydrogen) atoms. The quantitative estimate of drug-likeness (QED) is 0.419. The number of nitrogens with one attached hydrogen (secondary N) is 2. The third-order valence-corrected chi connectivity index (χ3v) is 4.99. The van der Waals surface area contributed by atoms with Crippen molar-refractivity contribution in [2.45, 2.75) is 33.1 Å². The summed E-state index contributed by atoms with van der Waals surface area (Å²) in [6, 6.07) is 24.3. The van der Waals surface area contributed by atoms with Crippen LogP contribution in [0.25, 0.3) is 0 Å². The molecule has 0 unspecified atom stereocenters. The third-order valence-electron chi connectivity index (χ3n) is 4.99. The molecule has 5 nitrogen and oxygen atoms in total. The second-order valence-electron chi connectivity index (χ2n) is 8.09. The number of hydrogen-bond donors (Lipinski definition) is 2. The van der Waals surface area contributed by atoms with Gasteiger partial charge in [-0.1, -0.05) is 56.3 Å². The molecule has 2 N–H and O–H groups in total. The highest BCUT2D eigenvalue weighted by molar-refractivity contribution is 6.06. The Bertz CT molecular complexity index is 1010. The Morgan fingerprint density at radius 1 is 0.812 bits per heavy atom. The second-order valence-corrected chi connectivity index (χ2v) is 8.09. The van der Waals surface area contributed by atoms with E-state index in [1.165, 1.54) is 0 Å². The highest BCUT2D eigenvalue weighted by Gasteiger charge is 2.13. The van der Waals surface area contributed by atoms with Crippen LogP contribution in [-0.2, 0) is 11.2 Å². The monoisotopic (exact) mass is 430 g/mol. The Balaban J connectivity index is 1.53. The highest BCUT2D eigenvalue weighted by Crippen LogP contribution is 2.21. The van der Waals surface area contributed by atoms with Crippen molar-refractivity contribution < 1.29 is 14.3 Å². The van der Waals surface area contributed by atoms with Gasteiger partial charge in [0.1, 0.15) is 5.75 Å². The summed E-state index contributed by atoms with van der Waals surface area (Å²) in [4.78, 5) is 25.0. The summed E-state index contributed by atoms with van der Waals surface area (Å²) in [6.07, 6.45) is 2.03. The summed E-state index contributed by atoms with van der Waals surface area (Å²) in [6.45, 7) is 4.84. The Hall–Kier alpha value is -3.60. The average Bonchev–Trinajstić information content (AvgIpc) is 2.80. The zero-order valence-corrected chi connectivity index (χ0v) is 18.6. The maximum Gasteiger partial charge on any atom is 0.259 e. The predicted octanol–water partition coefficient (Wildman–Crippen LogP) is 5.94. The number of rotatable bonds is 10. The van der Waals surface area contributed by atoms with Crippen molar-refractivity contribution in [2.24, 2.45) is 5.92 Å². The molecule has 0 bridgehead atoms. The summed E-state index contributed by atoms with van der Waals surface area (Å²) < 4.78 is 5.82. The molecule has 0 fully saturated rings. The molecule has 3 aromatic carbocycles. The minimum Gasteiger partial charge on any atom is -0.493 e. The van der Waals surface area contributed by atoms with Crippen molar-refractivity contribution in [1.29, 1.82) is 0 Å². The SMILES string of the molecule is CC(C)CCOc1ccccc1C(=O)Nc1ccc(NC(=O)CCc2ccccc2)cc1. The fraction of sp³-hybridized carbons (Fsp3) is 0.259. The van der Waals surface area contributed by atoms with Crippen LogP contribution in [0.4, 0.5) is 11.4 Å². The molecule has 166 valence electrons. The Morgan fingerprint density at radius 2 is 1.44 bits per heavy atom. The smallest absolute Gasteiger partial charge is 0.259 e. The first-order chi connectivity index (χ1) is 15.5. The van der Waals surface area contributed by atoms with Gasteiger partial charge >= 0.3 is 0 Å². The molecule has 3 aromatic rings. The summed E-state index contributed by atoms with van der Waals surface area (Å²) in [5.41, 5.74) is 2.97. The van der Waals surface area contributed by atoms with E-state index in [1.54, 1.807) is 30.3 Å². The van der Waals surface area contributed by atoms with Gasteiger partial charge in [0.2, 0.25) is 5.91 Å². The van der Waals surface area contributed by atoms with Gasteiger partial charge in [-0.25, -0.2) is 0 Å². The van der Waals surface area contributed by atoms with Crippen molar-refractivity contribution in [2.75, 3.05) is 17.2 Å². The lowest BCUT2D eigenvalue weighted by Crippen LogP contribution is -2.15. The fourth-order valence-corrected chi connectivity index (χ4v) is 3.15. The van der Waals surface area contributed by atoms with Crippen LogP contribution >= 0.6 is 0 Å². The van der Waals surface area contributed by atoms with Gasteiger partial charge in [0, 0.05) is 17.8 Å². The van der Waals surface area contributed by atoms with Gasteiger partial charge in [0.15, 0.2) is 0 Å². The molecule has 0 heterocycles. The minimum absolute atomic E-state index is 0.0434. The standard InChI is InChI=1S/C27H30N2O3/c1-20(2)18-19-32-25-11-7-6-10-24(25)27(31)29-23-15-13-22(14-16-23)28-26(30)17-12-21-8-4-3-5-9-21/h3-11,13-16,20H,12,17-19H2,1-2H3,(H,28,30)(H,29,31). The van der Waals surface area contributed by atoms with Crippen molar-refractivity contribution in [3.63, 3.8) is 0 Å². The van der Waals surface area contributed by atoms with E-state index in [-0.39, 0.29) is 11.8 Å². The zero-order valence-electron chi connectivity index (χ0n) is 18.6. The van der Waals surface area contributed by atoms with Crippen LogP contribution in [-0.4, -0.2) is 18.4 Å². The largest absolute Gasteiger partial charge is 0.493 e. The molecule has 0 spiro atoms. The van der Waals surface area contributed by atoms with Crippen LogP contribution in [0.5, 0.6) is 5.75 Å². The number of anilines is 2. The summed E-state index contributed by atoms with van der Waals surface area (Å²) in [5.74, 6) is 0.837. The molecule has 0 aliphatic rings. The molecule has 3 rings (SSSR count). The maximum absolute atomic E-state index is 12.8. The van der Waals surface area contributed by atoms with E-state index in [9.17, 15) is 9.59 Å². The average molecular weight is 431 g/mol. The molecule has 0 aliphatic carbocycles. The van der Waals surface area contributed by atoms with Gasteiger partial charge < -0.3 is 15.4 Å². The van der Waals surface area contributed by atoms with E-state index >= 15 is 0 Å². The molecule has 2 amide bonds. The first-order valence-electron chi connectivity index (χ1n) is 11.0. The number of carbonyl (C=O) groups excluding carboxylic acids is 2. The molecular weight excluding hydrogens is 400 g/mol. The van der Waals surface area contributed by atoms with Crippen molar-refractivity contribution in [1.82, 2.24) is 0 Å². The minimum atomic E-state index is -0.232. The lowest BCUT2D eigenvalue weighted by atomic mass is 10.1. The highest BCUT2D eigenvalue weighted by atomic mass is 16.5. The maximum atomic E-state index is 12.8. The lowest BCUT2D eigenvalue weighted by molar-refractivity contribution is -0.116. The van der Waals surface area contributed by atoms with E-state index < -0.39 is 0 Å². The van der Waals surface area contributed by atoms with Gasteiger partial charge in [-0.3, -0.25) is 9.59 Å². The number of carbonyl (C=O) groups is 2. The van der Waals surface area contributed by atoms with Gasteiger partial charge in [-0.05, 0) is 60.7 Å². The van der Waals surface area contributed by atoms with E-state index in [4.69, 9.17) is 4.74 Å². The van der Waals surface area contributed by atoms with Crippen LogP contribution in [0, 0.1) is 5.92 Å². The molecule has 0 saturated carbocycles. The van der Waals surface area contributed by atoms with Crippen LogP contribution in [0.3, 0.4) is 0 Å². The van der Waals surface area contributed by atoms with Crippen LogP contribution in [0.15, 0.2) is 78.9 Å². The van der Waals surface area contributed by atoms with Crippen molar-refractivity contribution in [3.8, 4) is 5.75 Å². The lowest BCUT2D eigenvalue weighted by Gasteiger charge is -2.13. The number of hydrogen-bond acceptors (Lipinski definition) is 3. The van der Waals surface area contributed by atoms with E-state index in [0.717, 1.165) is 12.0 Å². The van der Waals surface area contributed by atoms with E-state index in [2.05, 4.69) is 24.5 Å². The zero-order chi connectivity index (χ0) is 22.8. The van der Waals surface area contributed by atoms with Gasteiger partial charge in [-0.2, -0.15) is 0 Å². The summed E-state index contributed by atoms with van der Waals surface area (Å²) >= 11 is 0. The number of aryl methyl sites for hydroxylation is 1. The summed E-state index contributed by atoms with van der Waals surface area (Å²) in [5, 5.41) is 5.79. The van der Waals surface area contributed by atoms with E-state index in [1.807, 2.05) is 48.5 Å². The third kappa shape index (κ3) is 7.27. The van der Waals surface area contributed by atoms with Crippen LogP contribution in [0.2, 0.25) is 0 Å².